The van der Waals surface area contributed by atoms with Gasteiger partial charge in [0.1, 0.15) is 17.8 Å². The predicted molar refractivity (Wildman–Crippen MR) is 50.0 cm³/mol. The highest BCUT2D eigenvalue weighted by Gasteiger charge is 2.03. The van der Waals surface area contributed by atoms with E-state index in [2.05, 4.69) is 24.9 Å². The van der Waals surface area contributed by atoms with Crippen LogP contribution >= 0.6 is 0 Å². The lowest BCUT2D eigenvalue weighted by molar-refractivity contribution is 1.01. The van der Waals surface area contributed by atoms with Crippen molar-refractivity contribution in [3.63, 3.8) is 0 Å². The zero-order valence-electron chi connectivity index (χ0n) is 7.55. The summed E-state index contributed by atoms with van der Waals surface area (Å²) < 4.78 is 0. The SMILES string of the molecule is Cc1nccc(-c2ncnc(N)n2)n1. The summed E-state index contributed by atoms with van der Waals surface area (Å²) in [6, 6.07) is 1.72. The number of nitrogens with two attached hydrogens (primary N) is 1. The third-order valence-electron chi connectivity index (χ3n) is 1.60. The van der Waals surface area contributed by atoms with Gasteiger partial charge in [-0.05, 0) is 13.0 Å². The number of hydrogen-bond acceptors (Lipinski definition) is 6. The van der Waals surface area contributed by atoms with Gasteiger partial charge in [-0.3, -0.25) is 0 Å². The van der Waals surface area contributed by atoms with Gasteiger partial charge in [-0.25, -0.2) is 19.9 Å². The monoisotopic (exact) mass is 188 g/mol. The zero-order valence-corrected chi connectivity index (χ0v) is 7.55. The molecule has 70 valence electrons. The van der Waals surface area contributed by atoms with Crippen LogP contribution < -0.4 is 5.73 Å². The zero-order chi connectivity index (χ0) is 9.97. The largest absolute Gasteiger partial charge is 0.368 e. The molecule has 0 aliphatic rings. The molecule has 0 bridgehead atoms. The summed E-state index contributed by atoms with van der Waals surface area (Å²) in [7, 11) is 0. The van der Waals surface area contributed by atoms with Crippen molar-refractivity contribution < 1.29 is 0 Å². The Hall–Kier alpha value is -2.11. The van der Waals surface area contributed by atoms with Gasteiger partial charge in [-0.15, -0.1) is 0 Å². The second-order valence-electron chi connectivity index (χ2n) is 2.66. The molecular formula is C8H8N6. The Morgan fingerprint density at radius 3 is 2.71 bits per heavy atom. The van der Waals surface area contributed by atoms with Gasteiger partial charge in [0, 0.05) is 6.20 Å². The normalized spacial score (nSPS) is 10.1. The van der Waals surface area contributed by atoms with Crippen LogP contribution in [0.15, 0.2) is 18.6 Å². The van der Waals surface area contributed by atoms with Gasteiger partial charge in [0.25, 0.3) is 0 Å². The van der Waals surface area contributed by atoms with Crippen LogP contribution in [0.5, 0.6) is 0 Å². The summed E-state index contributed by atoms with van der Waals surface area (Å²) in [4.78, 5) is 19.7. The topological polar surface area (TPSA) is 90.5 Å². The molecule has 6 nitrogen and oxygen atoms in total. The fourth-order valence-electron chi connectivity index (χ4n) is 1.01. The highest BCUT2D eigenvalue weighted by Crippen LogP contribution is 2.09. The molecular weight excluding hydrogens is 180 g/mol. The summed E-state index contributed by atoms with van der Waals surface area (Å²) in [5.41, 5.74) is 6.07. The first kappa shape index (κ1) is 8.49. The fourth-order valence-corrected chi connectivity index (χ4v) is 1.01. The van der Waals surface area contributed by atoms with E-state index in [1.807, 2.05) is 0 Å². The molecule has 2 aromatic heterocycles. The molecule has 0 spiro atoms. The average molecular weight is 188 g/mol. The summed E-state index contributed by atoms with van der Waals surface area (Å²) in [5.74, 6) is 1.32. The van der Waals surface area contributed by atoms with E-state index < -0.39 is 0 Å². The van der Waals surface area contributed by atoms with Crippen molar-refractivity contribution >= 4 is 5.95 Å². The highest BCUT2D eigenvalue weighted by atomic mass is 15.1. The van der Waals surface area contributed by atoms with Gasteiger partial charge in [0.15, 0.2) is 5.82 Å². The highest BCUT2D eigenvalue weighted by molar-refractivity contribution is 5.48. The third-order valence-corrected chi connectivity index (χ3v) is 1.60. The summed E-state index contributed by atoms with van der Waals surface area (Å²) in [6.07, 6.45) is 3.01. The van der Waals surface area contributed by atoms with Crippen LogP contribution in [0.25, 0.3) is 11.5 Å². The van der Waals surface area contributed by atoms with Gasteiger partial charge < -0.3 is 5.73 Å². The molecule has 0 aromatic carbocycles. The van der Waals surface area contributed by atoms with Gasteiger partial charge in [0.05, 0.1) is 0 Å². The molecule has 2 rings (SSSR count). The molecule has 0 amide bonds. The maximum absolute atomic E-state index is 5.43. The summed E-state index contributed by atoms with van der Waals surface area (Å²) >= 11 is 0. The van der Waals surface area contributed by atoms with Gasteiger partial charge in [-0.1, -0.05) is 0 Å². The summed E-state index contributed by atoms with van der Waals surface area (Å²) in [5, 5.41) is 0. The summed E-state index contributed by atoms with van der Waals surface area (Å²) in [6.45, 7) is 1.80. The number of anilines is 1. The molecule has 0 unspecified atom stereocenters. The van der Waals surface area contributed by atoms with Crippen LogP contribution in [0.1, 0.15) is 5.82 Å². The van der Waals surface area contributed by atoms with Crippen LogP contribution in [0.2, 0.25) is 0 Å². The minimum Gasteiger partial charge on any atom is -0.368 e. The minimum atomic E-state index is 0.186. The standard InChI is InChI=1S/C8H8N6/c1-5-10-3-2-6(13-5)7-11-4-12-8(9)14-7/h2-4H,1H3,(H2,9,11,12,14). The number of aromatic nitrogens is 5. The van der Waals surface area contributed by atoms with Crippen LogP contribution in [-0.2, 0) is 0 Å². The van der Waals surface area contributed by atoms with Crippen molar-refractivity contribution in [2.24, 2.45) is 0 Å². The first-order valence-electron chi connectivity index (χ1n) is 4.00. The first-order chi connectivity index (χ1) is 6.75. The Morgan fingerprint density at radius 2 is 2.00 bits per heavy atom. The second-order valence-corrected chi connectivity index (χ2v) is 2.66. The first-order valence-corrected chi connectivity index (χ1v) is 4.00. The predicted octanol–water partition coefficient (Wildman–Crippen LogP) is 0.219. The molecule has 2 heterocycles. The molecule has 0 atom stereocenters. The van der Waals surface area contributed by atoms with Crippen molar-refractivity contribution in [3.8, 4) is 11.5 Å². The molecule has 0 aliphatic heterocycles. The molecule has 2 aromatic rings. The lowest BCUT2D eigenvalue weighted by Gasteiger charge is -1.99. The van der Waals surface area contributed by atoms with E-state index in [9.17, 15) is 0 Å². The molecule has 0 saturated heterocycles. The third kappa shape index (κ3) is 1.63. The van der Waals surface area contributed by atoms with Crippen LogP contribution in [0.4, 0.5) is 5.95 Å². The lowest BCUT2D eigenvalue weighted by atomic mass is 10.4. The van der Waals surface area contributed by atoms with Crippen molar-refractivity contribution in [3.05, 3.63) is 24.4 Å². The van der Waals surface area contributed by atoms with Crippen molar-refractivity contribution in [2.45, 2.75) is 6.92 Å². The number of rotatable bonds is 1. The quantitative estimate of drug-likeness (QED) is 0.688. The average Bonchev–Trinajstić information content (AvgIpc) is 2.18. The van der Waals surface area contributed by atoms with E-state index in [1.165, 1.54) is 6.33 Å². The Morgan fingerprint density at radius 1 is 1.14 bits per heavy atom. The van der Waals surface area contributed by atoms with Gasteiger partial charge in [0.2, 0.25) is 5.95 Å². The fraction of sp³-hybridized carbons (Fsp3) is 0.125. The van der Waals surface area contributed by atoms with Crippen molar-refractivity contribution in [2.75, 3.05) is 5.73 Å². The van der Waals surface area contributed by atoms with E-state index in [0.29, 0.717) is 17.3 Å². The second kappa shape index (κ2) is 3.33. The lowest BCUT2D eigenvalue weighted by Crippen LogP contribution is -2.00. The van der Waals surface area contributed by atoms with Crippen molar-refractivity contribution in [1.82, 2.24) is 24.9 Å². The molecule has 2 N–H and O–H groups in total. The van der Waals surface area contributed by atoms with Gasteiger partial charge in [-0.2, -0.15) is 4.98 Å². The maximum Gasteiger partial charge on any atom is 0.223 e. The molecule has 6 heteroatoms. The number of nitrogens with zero attached hydrogens (tertiary/aromatic N) is 5. The van der Waals surface area contributed by atoms with E-state index in [-0.39, 0.29) is 5.95 Å². The molecule has 0 radical (unpaired) electrons. The minimum absolute atomic E-state index is 0.186. The molecule has 0 fully saturated rings. The van der Waals surface area contributed by atoms with Crippen molar-refractivity contribution in [1.29, 1.82) is 0 Å². The van der Waals surface area contributed by atoms with E-state index in [0.717, 1.165) is 0 Å². The number of nitrogen functional groups attached to an aromatic ring is 1. The smallest absolute Gasteiger partial charge is 0.223 e. The van der Waals surface area contributed by atoms with E-state index in [4.69, 9.17) is 5.73 Å². The molecule has 0 saturated carbocycles. The number of aryl methyl sites for hydroxylation is 1. The Labute approximate surface area is 80.3 Å². The van der Waals surface area contributed by atoms with E-state index in [1.54, 1.807) is 19.2 Å². The molecule has 14 heavy (non-hydrogen) atoms. The Kier molecular flexibility index (Phi) is 2.02. The van der Waals surface area contributed by atoms with Crippen LogP contribution in [0.3, 0.4) is 0 Å². The Bertz CT molecular complexity index is 412. The Balaban J connectivity index is 2.49. The maximum atomic E-state index is 5.43. The van der Waals surface area contributed by atoms with Crippen LogP contribution in [-0.4, -0.2) is 24.9 Å². The number of hydrogen-bond donors (Lipinski definition) is 1. The van der Waals surface area contributed by atoms with Crippen LogP contribution in [0, 0.1) is 6.92 Å². The molecule has 0 aliphatic carbocycles. The van der Waals surface area contributed by atoms with Gasteiger partial charge >= 0.3 is 0 Å². The van der Waals surface area contributed by atoms with E-state index >= 15 is 0 Å².